The van der Waals surface area contributed by atoms with E-state index in [1.807, 2.05) is 0 Å². The Labute approximate surface area is 137 Å². The van der Waals surface area contributed by atoms with Crippen LogP contribution in [0.3, 0.4) is 0 Å². The van der Waals surface area contributed by atoms with Crippen LogP contribution in [0.2, 0.25) is 0 Å². The van der Waals surface area contributed by atoms with Crippen LogP contribution in [0.25, 0.3) is 9.81 Å². The van der Waals surface area contributed by atoms with Gasteiger partial charge in [0.25, 0.3) is 0 Å². The van der Waals surface area contributed by atoms with Gasteiger partial charge in [-0.1, -0.05) is 24.3 Å². The smallest absolute Gasteiger partial charge is 0.335 e. The fourth-order valence-corrected chi connectivity index (χ4v) is 2.37. The van der Waals surface area contributed by atoms with Crippen molar-refractivity contribution >= 4 is 47.0 Å². The van der Waals surface area contributed by atoms with Crippen LogP contribution < -0.4 is 0 Å². The number of rotatable bonds is 4. The molecule has 0 aliphatic rings. The van der Waals surface area contributed by atoms with Crippen molar-refractivity contribution in [1.29, 1.82) is 0 Å². The van der Waals surface area contributed by atoms with Crippen molar-refractivity contribution in [3.63, 3.8) is 0 Å². The summed E-state index contributed by atoms with van der Waals surface area (Å²) >= 11 is 8.84. The lowest BCUT2D eigenvalue weighted by Crippen LogP contribution is -1.96. The van der Waals surface area contributed by atoms with Gasteiger partial charge in [-0.2, -0.15) is 0 Å². The van der Waals surface area contributed by atoms with E-state index in [-0.39, 0.29) is 11.1 Å². The molecule has 0 radical (unpaired) electrons. The van der Waals surface area contributed by atoms with Crippen LogP contribution in [0.1, 0.15) is 31.8 Å². The summed E-state index contributed by atoms with van der Waals surface area (Å²) in [5.41, 5.74) is 1.83. The maximum Gasteiger partial charge on any atom is 0.335 e. The minimum atomic E-state index is -0.994. The van der Waals surface area contributed by atoms with Crippen LogP contribution in [0, 0.1) is 0 Å². The average Bonchev–Trinajstić information content (AvgIpc) is 2.53. The van der Waals surface area contributed by atoms with E-state index >= 15 is 0 Å². The number of hydrogen-bond acceptors (Lipinski definition) is 4. The summed E-state index contributed by atoms with van der Waals surface area (Å²) < 4.78 is 0. The van der Waals surface area contributed by atoms with Crippen LogP contribution in [-0.4, -0.2) is 22.2 Å². The summed E-state index contributed by atoms with van der Waals surface area (Å²) in [5.74, 6) is -1.99. The van der Waals surface area contributed by atoms with Gasteiger partial charge < -0.3 is 10.2 Å². The highest BCUT2D eigenvalue weighted by Crippen LogP contribution is 2.32. The van der Waals surface area contributed by atoms with Gasteiger partial charge in [-0.05, 0) is 35.4 Å². The van der Waals surface area contributed by atoms with Crippen molar-refractivity contribution in [3.8, 4) is 0 Å². The van der Waals surface area contributed by atoms with E-state index in [1.54, 1.807) is 24.3 Å². The molecule has 2 aromatic rings. The van der Waals surface area contributed by atoms with E-state index in [2.05, 4.69) is 25.3 Å². The Bertz CT molecular complexity index is 681. The molecule has 0 atom stereocenters. The summed E-state index contributed by atoms with van der Waals surface area (Å²) in [7, 11) is 0. The third kappa shape index (κ3) is 3.52. The highest BCUT2D eigenvalue weighted by molar-refractivity contribution is 7.96. The lowest BCUT2D eigenvalue weighted by atomic mass is 10.1. The van der Waals surface area contributed by atoms with Crippen molar-refractivity contribution in [3.05, 3.63) is 70.8 Å². The molecule has 0 saturated heterocycles. The molecule has 0 aliphatic carbocycles. The summed E-state index contributed by atoms with van der Waals surface area (Å²) in [6, 6.07) is 12.5. The predicted molar refractivity (Wildman–Crippen MR) is 91.6 cm³/mol. The molecule has 0 spiro atoms. The van der Waals surface area contributed by atoms with Crippen LogP contribution >= 0.6 is 25.3 Å². The summed E-state index contributed by atoms with van der Waals surface area (Å²) in [5, 5.41) is 17.8. The summed E-state index contributed by atoms with van der Waals surface area (Å²) in [6.07, 6.45) is 0. The predicted octanol–water partition coefficient (Wildman–Crippen LogP) is 3.77. The Balaban J connectivity index is 2.35. The standard InChI is InChI=1S/C16H12O4S2/c17-15(18)11-5-1-9(2-6-11)13(21)14(22)10-3-7-12(8-4-10)16(19)20/h1-8,21-22H,(H,17,18)(H,19,20)/b14-13-. The molecule has 0 amide bonds. The molecule has 0 saturated carbocycles. The van der Waals surface area contributed by atoms with Gasteiger partial charge in [-0.3, -0.25) is 0 Å². The lowest BCUT2D eigenvalue weighted by Gasteiger charge is -2.08. The van der Waals surface area contributed by atoms with E-state index in [0.29, 0.717) is 9.81 Å². The highest BCUT2D eigenvalue weighted by atomic mass is 32.1. The zero-order chi connectivity index (χ0) is 16.3. The molecule has 0 bridgehead atoms. The van der Waals surface area contributed by atoms with Gasteiger partial charge in [-0.15, -0.1) is 25.3 Å². The first kappa shape index (κ1) is 16.2. The molecular weight excluding hydrogens is 320 g/mol. The Morgan fingerprint density at radius 3 is 1.05 bits per heavy atom. The Kier molecular flexibility index (Phi) is 4.95. The minimum Gasteiger partial charge on any atom is -0.478 e. The second-order valence-corrected chi connectivity index (χ2v) is 5.36. The van der Waals surface area contributed by atoms with Crippen LogP contribution in [0.15, 0.2) is 48.5 Å². The molecule has 0 fully saturated rings. The van der Waals surface area contributed by atoms with Crippen molar-refractivity contribution in [2.45, 2.75) is 0 Å². The summed E-state index contributed by atoms with van der Waals surface area (Å²) in [6.45, 7) is 0. The monoisotopic (exact) mass is 332 g/mol. The molecule has 0 aromatic heterocycles. The molecule has 22 heavy (non-hydrogen) atoms. The molecular formula is C16H12O4S2. The van der Waals surface area contributed by atoms with Gasteiger partial charge in [0, 0.05) is 9.81 Å². The molecule has 2 N–H and O–H groups in total. The fraction of sp³-hybridized carbons (Fsp3) is 0. The van der Waals surface area contributed by atoms with Crippen molar-refractivity contribution < 1.29 is 19.8 Å². The van der Waals surface area contributed by atoms with Crippen LogP contribution in [-0.2, 0) is 0 Å². The van der Waals surface area contributed by atoms with Crippen LogP contribution in [0.5, 0.6) is 0 Å². The fourth-order valence-electron chi connectivity index (χ4n) is 1.81. The Morgan fingerprint density at radius 2 is 0.818 bits per heavy atom. The first-order chi connectivity index (χ1) is 10.4. The number of carboxylic acid groups (broad SMARTS) is 2. The van der Waals surface area contributed by atoms with E-state index in [9.17, 15) is 9.59 Å². The first-order valence-corrected chi connectivity index (χ1v) is 7.09. The van der Waals surface area contributed by atoms with E-state index < -0.39 is 11.9 Å². The van der Waals surface area contributed by atoms with Crippen molar-refractivity contribution in [1.82, 2.24) is 0 Å². The minimum absolute atomic E-state index is 0.191. The van der Waals surface area contributed by atoms with E-state index in [4.69, 9.17) is 10.2 Å². The zero-order valence-electron chi connectivity index (χ0n) is 11.2. The molecule has 0 heterocycles. The second-order valence-electron chi connectivity index (χ2n) is 4.46. The number of hydrogen-bond donors (Lipinski definition) is 4. The molecule has 0 aliphatic heterocycles. The van der Waals surface area contributed by atoms with E-state index in [0.717, 1.165) is 11.1 Å². The third-order valence-corrected chi connectivity index (χ3v) is 4.17. The maximum absolute atomic E-state index is 10.8. The molecule has 2 aromatic carbocycles. The van der Waals surface area contributed by atoms with Gasteiger partial charge in [0.1, 0.15) is 0 Å². The first-order valence-electron chi connectivity index (χ1n) is 6.20. The van der Waals surface area contributed by atoms with Crippen molar-refractivity contribution in [2.75, 3.05) is 0 Å². The number of aromatic carboxylic acids is 2. The van der Waals surface area contributed by atoms with Crippen molar-refractivity contribution in [2.24, 2.45) is 0 Å². The SMILES string of the molecule is O=C(O)c1ccc(/C(S)=C(/S)c2ccc(C(=O)O)cc2)cc1. The van der Waals surface area contributed by atoms with Gasteiger partial charge in [0.2, 0.25) is 0 Å². The van der Waals surface area contributed by atoms with E-state index in [1.165, 1.54) is 24.3 Å². The quantitative estimate of drug-likeness (QED) is 0.508. The molecule has 112 valence electrons. The summed E-state index contributed by atoms with van der Waals surface area (Å²) in [4.78, 5) is 22.8. The molecule has 2 rings (SSSR count). The normalized spacial score (nSPS) is 11.7. The maximum atomic E-state index is 10.8. The zero-order valence-corrected chi connectivity index (χ0v) is 13.0. The number of carbonyl (C=O) groups is 2. The molecule has 6 heteroatoms. The highest BCUT2D eigenvalue weighted by Gasteiger charge is 2.08. The molecule has 4 nitrogen and oxygen atoms in total. The number of carboxylic acids is 2. The van der Waals surface area contributed by atoms with Gasteiger partial charge in [-0.25, -0.2) is 9.59 Å². The largest absolute Gasteiger partial charge is 0.478 e. The second kappa shape index (κ2) is 6.72. The number of benzene rings is 2. The van der Waals surface area contributed by atoms with Gasteiger partial charge in [0.15, 0.2) is 0 Å². The van der Waals surface area contributed by atoms with Gasteiger partial charge >= 0.3 is 11.9 Å². The Hall–Kier alpha value is -2.18. The van der Waals surface area contributed by atoms with Crippen LogP contribution in [0.4, 0.5) is 0 Å². The average molecular weight is 332 g/mol. The topological polar surface area (TPSA) is 74.6 Å². The number of thiol groups is 2. The Morgan fingerprint density at radius 1 is 0.591 bits per heavy atom. The lowest BCUT2D eigenvalue weighted by molar-refractivity contribution is 0.0686. The third-order valence-electron chi connectivity index (χ3n) is 3.03. The molecule has 0 unspecified atom stereocenters. The van der Waals surface area contributed by atoms with Gasteiger partial charge in [0.05, 0.1) is 11.1 Å².